The van der Waals surface area contributed by atoms with Crippen molar-refractivity contribution in [1.29, 1.82) is 0 Å². The van der Waals surface area contributed by atoms with Gasteiger partial charge in [0.25, 0.3) is 0 Å². The maximum Gasteiger partial charge on any atom is 0.131 e. The van der Waals surface area contributed by atoms with Gasteiger partial charge in [-0.05, 0) is 32.8 Å². The van der Waals surface area contributed by atoms with E-state index in [1.165, 1.54) is 5.01 Å². The predicted octanol–water partition coefficient (Wildman–Crippen LogP) is 3.59. The van der Waals surface area contributed by atoms with E-state index >= 15 is 0 Å². The fourth-order valence-corrected chi connectivity index (χ4v) is 3.06. The second-order valence-electron chi connectivity index (χ2n) is 7.21. The Kier molecular flexibility index (Phi) is 6.16. The third-order valence-electron chi connectivity index (χ3n) is 4.20. The lowest BCUT2D eigenvalue weighted by Crippen LogP contribution is -2.50. The van der Waals surface area contributed by atoms with Gasteiger partial charge in [-0.2, -0.15) is 0 Å². The first-order valence-corrected chi connectivity index (χ1v) is 8.31. The van der Waals surface area contributed by atoms with Crippen LogP contribution in [-0.4, -0.2) is 36.6 Å². The van der Waals surface area contributed by atoms with Gasteiger partial charge in [-0.1, -0.05) is 30.3 Å². The quantitative estimate of drug-likeness (QED) is 0.768. The Morgan fingerprint density at radius 2 is 1.68 bits per heavy atom. The molecule has 3 N–H and O–H groups in total. The van der Waals surface area contributed by atoms with Crippen molar-refractivity contribution in [3.63, 3.8) is 0 Å². The van der Waals surface area contributed by atoms with Gasteiger partial charge in [-0.3, -0.25) is 0 Å². The highest BCUT2D eigenvalue weighted by Crippen LogP contribution is 2.33. The molecule has 138 valence electrons. The molecule has 1 aromatic rings. The number of hydrazine groups is 1. The Morgan fingerprint density at radius 3 is 2.16 bits per heavy atom. The number of allylic oxidation sites excluding steroid dienone is 2. The first-order chi connectivity index (χ1) is 11.8. The molecule has 2 rings (SSSR count). The smallest absolute Gasteiger partial charge is 0.131 e. The van der Waals surface area contributed by atoms with Crippen LogP contribution in [0.3, 0.4) is 0 Å². The normalized spacial score (nSPS) is 18.8. The van der Waals surface area contributed by atoms with Crippen molar-refractivity contribution in [3.05, 3.63) is 58.4 Å². The standard InChI is InChI=1S/C19H26F3N3/c1-19(2,3)24-18-14(10-20)16(9-13-7-5-4-6-8-13)25(23)17(12-22)15(18)11-21/h4-8,16,24H,9-12,23H2,1-3H3. The number of nitrogens with one attached hydrogen (secondary N) is 1. The lowest BCUT2D eigenvalue weighted by atomic mass is 9.89. The van der Waals surface area contributed by atoms with E-state index < -0.39 is 31.6 Å². The average molecular weight is 353 g/mol. The number of alkyl halides is 3. The van der Waals surface area contributed by atoms with E-state index in [2.05, 4.69) is 5.32 Å². The zero-order chi connectivity index (χ0) is 18.6. The maximum atomic E-state index is 14.0. The van der Waals surface area contributed by atoms with Gasteiger partial charge in [0, 0.05) is 22.4 Å². The minimum Gasteiger partial charge on any atom is -0.380 e. The van der Waals surface area contributed by atoms with Crippen molar-refractivity contribution in [1.82, 2.24) is 10.3 Å². The van der Waals surface area contributed by atoms with Crippen molar-refractivity contribution in [2.45, 2.75) is 38.8 Å². The molecule has 1 aliphatic rings. The monoisotopic (exact) mass is 353 g/mol. The van der Waals surface area contributed by atoms with Crippen LogP contribution in [0.1, 0.15) is 26.3 Å². The summed E-state index contributed by atoms with van der Waals surface area (Å²) in [6.07, 6.45) is 0.412. The molecule has 1 unspecified atom stereocenters. The first-order valence-electron chi connectivity index (χ1n) is 8.31. The van der Waals surface area contributed by atoms with E-state index in [1.807, 2.05) is 51.1 Å². The molecule has 1 heterocycles. The lowest BCUT2D eigenvalue weighted by molar-refractivity contribution is 0.236. The highest BCUT2D eigenvalue weighted by Gasteiger charge is 2.35. The summed E-state index contributed by atoms with van der Waals surface area (Å²) >= 11 is 0. The van der Waals surface area contributed by atoms with E-state index in [0.717, 1.165) is 5.56 Å². The van der Waals surface area contributed by atoms with E-state index in [1.54, 1.807) is 0 Å². The summed E-state index contributed by atoms with van der Waals surface area (Å²) in [5.74, 6) is 6.08. The molecule has 1 aromatic carbocycles. The number of nitrogens with zero attached hydrogens (tertiary/aromatic N) is 1. The third kappa shape index (κ3) is 4.37. The van der Waals surface area contributed by atoms with Gasteiger partial charge < -0.3 is 10.3 Å². The molecule has 6 heteroatoms. The zero-order valence-electron chi connectivity index (χ0n) is 15.0. The van der Waals surface area contributed by atoms with E-state index in [0.29, 0.717) is 17.7 Å². The molecule has 1 aliphatic heterocycles. The SMILES string of the molecule is CC(C)(C)NC1=C(CF)C(Cc2ccccc2)N(N)C(CF)=C1CF. The summed E-state index contributed by atoms with van der Waals surface area (Å²) in [6.45, 7) is 3.07. The van der Waals surface area contributed by atoms with Crippen LogP contribution in [0, 0.1) is 0 Å². The lowest BCUT2D eigenvalue weighted by Gasteiger charge is -2.40. The van der Waals surface area contributed by atoms with Crippen molar-refractivity contribution >= 4 is 0 Å². The summed E-state index contributed by atoms with van der Waals surface area (Å²) in [7, 11) is 0. The molecular formula is C19H26F3N3. The van der Waals surface area contributed by atoms with Crippen LogP contribution < -0.4 is 11.2 Å². The van der Waals surface area contributed by atoms with Crippen LogP contribution in [0.2, 0.25) is 0 Å². The summed E-state index contributed by atoms with van der Waals surface area (Å²) in [5, 5.41) is 4.34. The molecule has 25 heavy (non-hydrogen) atoms. The van der Waals surface area contributed by atoms with Crippen LogP contribution in [0.5, 0.6) is 0 Å². The van der Waals surface area contributed by atoms with Gasteiger partial charge in [0.05, 0.1) is 11.7 Å². The maximum absolute atomic E-state index is 14.0. The number of halogens is 3. The molecule has 3 nitrogen and oxygen atoms in total. The molecule has 1 atom stereocenters. The van der Waals surface area contributed by atoms with Crippen LogP contribution in [0.25, 0.3) is 0 Å². The molecule has 0 aliphatic carbocycles. The highest BCUT2D eigenvalue weighted by molar-refractivity contribution is 5.45. The van der Waals surface area contributed by atoms with Crippen LogP contribution in [0.4, 0.5) is 13.2 Å². The fraction of sp³-hybridized carbons (Fsp3) is 0.474. The molecule has 0 radical (unpaired) electrons. The zero-order valence-corrected chi connectivity index (χ0v) is 15.0. The van der Waals surface area contributed by atoms with Gasteiger partial charge >= 0.3 is 0 Å². The summed E-state index contributed by atoms with van der Waals surface area (Å²) in [5.41, 5.74) is 1.38. The predicted molar refractivity (Wildman–Crippen MR) is 94.8 cm³/mol. The van der Waals surface area contributed by atoms with Crippen LogP contribution in [-0.2, 0) is 6.42 Å². The van der Waals surface area contributed by atoms with Crippen molar-refractivity contribution in [2.75, 3.05) is 20.0 Å². The molecule has 0 fully saturated rings. The van der Waals surface area contributed by atoms with E-state index in [4.69, 9.17) is 5.84 Å². The van der Waals surface area contributed by atoms with Gasteiger partial charge in [-0.15, -0.1) is 0 Å². The van der Waals surface area contributed by atoms with Crippen molar-refractivity contribution in [2.24, 2.45) is 5.84 Å². The van der Waals surface area contributed by atoms with Crippen molar-refractivity contribution < 1.29 is 13.2 Å². The Hall–Kier alpha value is -1.95. The van der Waals surface area contributed by atoms with Gasteiger partial charge in [0.15, 0.2) is 0 Å². The summed E-state index contributed by atoms with van der Waals surface area (Å²) in [4.78, 5) is 0. The van der Waals surface area contributed by atoms with Crippen molar-refractivity contribution in [3.8, 4) is 0 Å². The fourth-order valence-electron chi connectivity index (χ4n) is 3.06. The largest absolute Gasteiger partial charge is 0.380 e. The average Bonchev–Trinajstić information content (AvgIpc) is 2.57. The minimum absolute atomic E-state index is 0.0624. The second kappa shape index (κ2) is 7.95. The molecule has 0 saturated heterocycles. The van der Waals surface area contributed by atoms with Crippen LogP contribution >= 0.6 is 0 Å². The minimum atomic E-state index is -0.910. The topological polar surface area (TPSA) is 41.3 Å². The number of nitrogens with two attached hydrogens (primary N) is 1. The van der Waals surface area contributed by atoms with Gasteiger partial charge in [0.1, 0.15) is 20.0 Å². The molecule has 0 saturated carbocycles. The number of hydrogen-bond acceptors (Lipinski definition) is 3. The second-order valence-corrected chi connectivity index (χ2v) is 7.21. The van der Waals surface area contributed by atoms with E-state index in [9.17, 15) is 13.2 Å². The van der Waals surface area contributed by atoms with E-state index in [-0.39, 0.29) is 11.3 Å². The molecule has 0 bridgehead atoms. The Bertz CT molecular complexity index is 648. The molecule has 0 spiro atoms. The van der Waals surface area contributed by atoms with Gasteiger partial charge in [0.2, 0.25) is 0 Å². The number of hydrogen-bond donors (Lipinski definition) is 2. The Labute approximate surface area is 147 Å². The summed E-state index contributed by atoms with van der Waals surface area (Å²) < 4.78 is 41.3. The van der Waals surface area contributed by atoms with Gasteiger partial charge in [-0.25, -0.2) is 19.0 Å². The number of rotatable bonds is 6. The van der Waals surface area contributed by atoms with Crippen LogP contribution in [0.15, 0.2) is 52.9 Å². The Balaban J connectivity index is 2.53. The third-order valence-corrected chi connectivity index (χ3v) is 4.20. The Morgan fingerprint density at radius 1 is 1.04 bits per heavy atom. The number of benzene rings is 1. The summed E-state index contributed by atoms with van der Waals surface area (Å²) in [6, 6.07) is 8.89. The molecule has 0 aromatic heterocycles. The first kappa shape index (κ1) is 19.4. The molecular weight excluding hydrogens is 327 g/mol. The highest BCUT2D eigenvalue weighted by atomic mass is 19.1. The molecule has 0 amide bonds.